The van der Waals surface area contributed by atoms with E-state index in [1.165, 1.54) is 16.9 Å². The second-order valence-electron chi connectivity index (χ2n) is 7.76. The van der Waals surface area contributed by atoms with Crippen molar-refractivity contribution in [2.45, 2.75) is 33.7 Å². The van der Waals surface area contributed by atoms with Crippen LogP contribution in [0.3, 0.4) is 0 Å². The summed E-state index contributed by atoms with van der Waals surface area (Å²) >= 11 is 1.41. The zero-order valence-electron chi connectivity index (χ0n) is 18.9. The van der Waals surface area contributed by atoms with Gasteiger partial charge in [0.15, 0.2) is 5.13 Å². The maximum Gasteiger partial charge on any atom is 0.233 e. The first kappa shape index (κ1) is 21.9. The number of aryl methyl sites for hydroxylation is 3. The number of carbonyl (C=O) groups is 1. The number of benzene rings is 2. The van der Waals surface area contributed by atoms with Gasteiger partial charge >= 0.3 is 0 Å². The van der Waals surface area contributed by atoms with Gasteiger partial charge in [-0.1, -0.05) is 29.0 Å². The summed E-state index contributed by atoms with van der Waals surface area (Å²) in [6, 6.07) is 11.6. The Morgan fingerprint density at radius 3 is 2.38 bits per heavy atom. The molecular weight excluding hydrogens is 424 g/mol. The van der Waals surface area contributed by atoms with Crippen LogP contribution in [-0.4, -0.2) is 25.1 Å². The summed E-state index contributed by atoms with van der Waals surface area (Å²) in [7, 11) is 3.23. The molecule has 6 nitrogen and oxygen atoms in total. The lowest BCUT2D eigenvalue weighted by Gasteiger charge is -2.20. The Morgan fingerprint density at radius 2 is 1.75 bits per heavy atom. The van der Waals surface area contributed by atoms with Crippen LogP contribution in [0.15, 0.2) is 47.1 Å². The summed E-state index contributed by atoms with van der Waals surface area (Å²) < 4.78 is 17.4. The summed E-state index contributed by atoms with van der Waals surface area (Å²) in [5, 5.41) is 0.576. The van der Waals surface area contributed by atoms with Gasteiger partial charge in [0, 0.05) is 0 Å². The summed E-state index contributed by atoms with van der Waals surface area (Å²) in [5.41, 5.74) is 5.13. The highest BCUT2D eigenvalue weighted by molar-refractivity contribution is 7.22. The SMILES string of the molecule is COc1ccc(OC)c2sc(N(Cc3ccco3)C(=O)Cc3c(C)cc(C)cc3C)nc12. The number of fused-ring (bicyclic) bond motifs is 1. The van der Waals surface area contributed by atoms with Crippen molar-refractivity contribution in [1.82, 2.24) is 4.98 Å². The number of furan rings is 1. The Labute approximate surface area is 191 Å². The number of hydrogen-bond acceptors (Lipinski definition) is 6. The van der Waals surface area contributed by atoms with Crippen LogP contribution in [0, 0.1) is 20.8 Å². The number of hydrogen-bond donors (Lipinski definition) is 0. The minimum absolute atomic E-state index is 0.0477. The average molecular weight is 451 g/mol. The van der Waals surface area contributed by atoms with Gasteiger partial charge in [-0.3, -0.25) is 9.69 Å². The predicted molar refractivity (Wildman–Crippen MR) is 127 cm³/mol. The Morgan fingerprint density at radius 1 is 1.06 bits per heavy atom. The number of methoxy groups -OCH3 is 2. The van der Waals surface area contributed by atoms with Gasteiger partial charge in [0.1, 0.15) is 27.5 Å². The molecule has 0 bridgehead atoms. The molecule has 2 aromatic carbocycles. The van der Waals surface area contributed by atoms with E-state index in [1.54, 1.807) is 25.4 Å². The van der Waals surface area contributed by atoms with E-state index in [0.717, 1.165) is 21.4 Å². The topological polar surface area (TPSA) is 64.8 Å². The van der Waals surface area contributed by atoms with E-state index in [1.807, 2.05) is 38.1 Å². The molecule has 0 saturated heterocycles. The van der Waals surface area contributed by atoms with Gasteiger partial charge in [-0.25, -0.2) is 4.98 Å². The standard InChI is InChI=1S/C25H26N2O4S/c1-15-11-16(2)19(17(3)12-15)13-22(28)27(14-18-7-6-10-31-18)25-26-23-20(29-4)8-9-21(30-5)24(23)32-25/h6-12H,13-14H2,1-5H3. The van der Waals surface area contributed by atoms with Gasteiger partial charge in [-0.15, -0.1) is 0 Å². The van der Waals surface area contributed by atoms with Crippen molar-refractivity contribution in [3.8, 4) is 11.5 Å². The molecule has 166 valence electrons. The third kappa shape index (κ3) is 4.21. The van der Waals surface area contributed by atoms with Crippen molar-refractivity contribution < 1.29 is 18.7 Å². The molecule has 0 aliphatic rings. The summed E-state index contributed by atoms with van der Waals surface area (Å²) in [6.45, 7) is 6.46. The van der Waals surface area contributed by atoms with Crippen LogP contribution in [0.4, 0.5) is 5.13 Å². The second-order valence-corrected chi connectivity index (χ2v) is 8.74. The summed E-state index contributed by atoms with van der Waals surface area (Å²) in [4.78, 5) is 20.1. The Balaban J connectivity index is 1.77. The highest BCUT2D eigenvalue weighted by Gasteiger charge is 2.24. The lowest BCUT2D eigenvalue weighted by molar-refractivity contribution is -0.118. The number of nitrogens with zero attached hydrogens (tertiary/aromatic N) is 2. The molecule has 4 aromatic rings. The maximum absolute atomic E-state index is 13.6. The van der Waals surface area contributed by atoms with Crippen molar-refractivity contribution in [1.29, 1.82) is 0 Å². The van der Waals surface area contributed by atoms with Crippen molar-refractivity contribution in [2.24, 2.45) is 0 Å². The lowest BCUT2D eigenvalue weighted by atomic mass is 9.97. The fraction of sp³-hybridized carbons (Fsp3) is 0.280. The van der Waals surface area contributed by atoms with Gasteiger partial charge in [0.2, 0.25) is 5.91 Å². The molecule has 0 aliphatic heterocycles. The molecule has 0 fully saturated rings. The number of thiazole rings is 1. The number of anilines is 1. The first-order chi connectivity index (χ1) is 15.4. The lowest BCUT2D eigenvalue weighted by Crippen LogP contribution is -2.32. The zero-order chi connectivity index (χ0) is 22.8. The number of amides is 1. The Bertz CT molecular complexity index is 1200. The Kier molecular flexibility index (Phi) is 6.19. The number of rotatable bonds is 7. The molecule has 0 saturated carbocycles. The summed E-state index contributed by atoms with van der Waals surface area (Å²) in [5.74, 6) is 1.97. The number of aromatic nitrogens is 1. The molecule has 0 unspecified atom stereocenters. The van der Waals surface area contributed by atoms with E-state index in [2.05, 4.69) is 19.1 Å². The molecular formula is C25H26N2O4S. The van der Waals surface area contributed by atoms with Crippen LogP contribution in [0.1, 0.15) is 28.0 Å². The fourth-order valence-corrected chi connectivity index (χ4v) is 5.04. The first-order valence-corrected chi connectivity index (χ1v) is 11.1. The van der Waals surface area contributed by atoms with Crippen molar-refractivity contribution in [3.05, 3.63) is 70.7 Å². The molecule has 0 spiro atoms. The van der Waals surface area contributed by atoms with E-state index in [9.17, 15) is 4.79 Å². The third-order valence-corrected chi connectivity index (χ3v) is 6.59. The number of ether oxygens (including phenoxy) is 2. The van der Waals surface area contributed by atoms with Gasteiger partial charge in [0.25, 0.3) is 0 Å². The Hall–Kier alpha value is -3.32. The second kappa shape index (κ2) is 9.04. The minimum Gasteiger partial charge on any atom is -0.495 e. The molecule has 2 heterocycles. The van der Waals surface area contributed by atoms with E-state index in [4.69, 9.17) is 18.9 Å². The average Bonchev–Trinajstić information content (AvgIpc) is 3.43. The predicted octanol–water partition coefficient (Wildman–Crippen LogP) is 5.61. The summed E-state index contributed by atoms with van der Waals surface area (Å²) in [6.07, 6.45) is 1.89. The maximum atomic E-state index is 13.6. The molecule has 0 aliphatic carbocycles. The van der Waals surface area contributed by atoms with Crippen molar-refractivity contribution >= 4 is 32.6 Å². The van der Waals surface area contributed by atoms with Gasteiger partial charge < -0.3 is 13.9 Å². The molecule has 0 radical (unpaired) electrons. The van der Waals surface area contributed by atoms with Crippen LogP contribution in [0.25, 0.3) is 10.2 Å². The molecule has 1 amide bonds. The fourth-order valence-electron chi connectivity index (χ4n) is 3.95. The van der Waals surface area contributed by atoms with Crippen LogP contribution in [-0.2, 0) is 17.8 Å². The van der Waals surface area contributed by atoms with E-state index >= 15 is 0 Å². The molecule has 32 heavy (non-hydrogen) atoms. The van der Waals surface area contributed by atoms with E-state index in [-0.39, 0.29) is 12.3 Å². The van der Waals surface area contributed by atoms with Crippen LogP contribution < -0.4 is 14.4 Å². The monoisotopic (exact) mass is 450 g/mol. The van der Waals surface area contributed by atoms with Crippen LogP contribution in [0.5, 0.6) is 11.5 Å². The number of carbonyl (C=O) groups excluding carboxylic acids is 1. The normalized spacial score (nSPS) is 11.0. The van der Waals surface area contributed by atoms with E-state index in [0.29, 0.717) is 34.5 Å². The van der Waals surface area contributed by atoms with Gasteiger partial charge in [-0.05, 0) is 61.7 Å². The minimum atomic E-state index is -0.0477. The zero-order valence-corrected chi connectivity index (χ0v) is 19.7. The van der Waals surface area contributed by atoms with Crippen molar-refractivity contribution in [2.75, 3.05) is 19.1 Å². The first-order valence-electron chi connectivity index (χ1n) is 10.3. The van der Waals surface area contributed by atoms with Crippen LogP contribution in [0.2, 0.25) is 0 Å². The largest absolute Gasteiger partial charge is 0.495 e. The third-order valence-electron chi connectivity index (χ3n) is 5.49. The molecule has 0 N–H and O–H groups in total. The molecule has 7 heteroatoms. The molecule has 2 aromatic heterocycles. The highest BCUT2D eigenvalue weighted by Crippen LogP contribution is 2.40. The van der Waals surface area contributed by atoms with Gasteiger partial charge in [-0.2, -0.15) is 0 Å². The smallest absolute Gasteiger partial charge is 0.233 e. The highest BCUT2D eigenvalue weighted by atomic mass is 32.1. The van der Waals surface area contributed by atoms with Crippen molar-refractivity contribution in [3.63, 3.8) is 0 Å². The van der Waals surface area contributed by atoms with Crippen LogP contribution >= 0.6 is 11.3 Å². The molecule has 0 atom stereocenters. The van der Waals surface area contributed by atoms with Gasteiger partial charge in [0.05, 0.1) is 33.4 Å². The molecule has 4 rings (SSSR count). The quantitative estimate of drug-likeness (QED) is 0.366. The van der Waals surface area contributed by atoms with E-state index < -0.39 is 0 Å².